The zero-order valence-electron chi connectivity index (χ0n) is 8.81. The van der Waals surface area contributed by atoms with Crippen molar-refractivity contribution >= 4 is 17.3 Å². The van der Waals surface area contributed by atoms with Crippen molar-refractivity contribution in [2.24, 2.45) is 0 Å². The Bertz CT molecular complexity index is 392. The summed E-state index contributed by atoms with van der Waals surface area (Å²) >= 11 is 1.72. The number of aryl methyl sites for hydroxylation is 1. The number of thiophene rings is 1. The Balaban J connectivity index is 1.95. The van der Waals surface area contributed by atoms with Gasteiger partial charge in [-0.25, -0.2) is 4.98 Å². The van der Waals surface area contributed by atoms with Gasteiger partial charge < -0.3 is 9.88 Å². The van der Waals surface area contributed by atoms with Crippen molar-refractivity contribution in [3.63, 3.8) is 0 Å². The van der Waals surface area contributed by atoms with Crippen LogP contribution in [0.1, 0.15) is 18.9 Å². The lowest BCUT2D eigenvalue weighted by atomic mass is 10.3. The second-order valence-electron chi connectivity index (χ2n) is 3.43. The van der Waals surface area contributed by atoms with Crippen molar-refractivity contribution in [2.45, 2.75) is 26.4 Å². The summed E-state index contributed by atoms with van der Waals surface area (Å²) in [4.78, 5) is 4.29. The maximum absolute atomic E-state index is 4.29. The van der Waals surface area contributed by atoms with E-state index in [2.05, 4.69) is 38.6 Å². The summed E-state index contributed by atoms with van der Waals surface area (Å²) in [5.41, 5.74) is 1.31. The molecule has 0 spiro atoms. The van der Waals surface area contributed by atoms with Crippen LogP contribution in [-0.2, 0) is 13.1 Å². The highest BCUT2D eigenvalue weighted by atomic mass is 32.1. The molecule has 0 radical (unpaired) electrons. The second-order valence-corrected chi connectivity index (χ2v) is 4.21. The first-order chi connectivity index (χ1) is 7.40. The smallest absolute Gasteiger partial charge is 0.203 e. The van der Waals surface area contributed by atoms with Gasteiger partial charge in [-0.05, 0) is 28.8 Å². The van der Waals surface area contributed by atoms with Crippen molar-refractivity contribution < 1.29 is 0 Å². The third-order valence-electron chi connectivity index (χ3n) is 2.21. The molecular weight excluding hydrogens is 206 g/mol. The molecule has 0 saturated carbocycles. The number of nitrogens with one attached hydrogen (secondary N) is 1. The molecule has 0 aliphatic heterocycles. The van der Waals surface area contributed by atoms with E-state index in [0.717, 1.165) is 25.5 Å². The minimum absolute atomic E-state index is 0.851. The first kappa shape index (κ1) is 10.2. The van der Waals surface area contributed by atoms with Gasteiger partial charge in [0.05, 0.1) is 0 Å². The van der Waals surface area contributed by atoms with Gasteiger partial charge in [-0.1, -0.05) is 6.92 Å². The molecule has 0 bridgehead atoms. The molecule has 0 unspecified atom stereocenters. The lowest BCUT2D eigenvalue weighted by molar-refractivity contribution is 0.682. The van der Waals surface area contributed by atoms with Crippen molar-refractivity contribution in [3.8, 4) is 0 Å². The van der Waals surface area contributed by atoms with E-state index in [1.54, 1.807) is 11.3 Å². The molecule has 2 aromatic heterocycles. The molecule has 15 heavy (non-hydrogen) atoms. The predicted molar refractivity (Wildman–Crippen MR) is 64.2 cm³/mol. The molecule has 1 N–H and O–H groups in total. The molecule has 0 aromatic carbocycles. The van der Waals surface area contributed by atoms with E-state index in [-0.39, 0.29) is 0 Å². The minimum Gasteiger partial charge on any atom is -0.352 e. The minimum atomic E-state index is 0.851. The van der Waals surface area contributed by atoms with Gasteiger partial charge in [0.2, 0.25) is 5.95 Å². The number of hydrogen-bond acceptors (Lipinski definition) is 3. The van der Waals surface area contributed by atoms with Gasteiger partial charge in [0.1, 0.15) is 0 Å². The summed E-state index contributed by atoms with van der Waals surface area (Å²) in [5, 5.41) is 7.58. The SMILES string of the molecule is CCCn1ccnc1NCc1ccsc1. The molecule has 2 heterocycles. The number of hydrogen-bond donors (Lipinski definition) is 1. The lowest BCUT2D eigenvalue weighted by Crippen LogP contribution is -2.06. The van der Waals surface area contributed by atoms with Crippen LogP contribution >= 0.6 is 11.3 Å². The summed E-state index contributed by atoms with van der Waals surface area (Å²) in [7, 11) is 0. The fraction of sp³-hybridized carbons (Fsp3) is 0.364. The number of nitrogens with zero attached hydrogens (tertiary/aromatic N) is 2. The monoisotopic (exact) mass is 221 g/mol. The van der Waals surface area contributed by atoms with Gasteiger partial charge in [0.25, 0.3) is 0 Å². The Morgan fingerprint density at radius 2 is 2.47 bits per heavy atom. The molecule has 0 amide bonds. The largest absolute Gasteiger partial charge is 0.352 e. The van der Waals surface area contributed by atoms with Gasteiger partial charge in [-0.15, -0.1) is 0 Å². The van der Waals surface area contributed by atoms with Crippen LogP contribution in [0.2, 0.25) is 0 Å². The summed E-state index contributed by atoms with van der Waals surface area (Å²) in [5.74, 6) is 0.961. The molecule has 2 aromatic rings. The first-order valence-electron chi connectivity index (χ1n) is 5.16. The number of rotatable bonds is 5. The van der Waals surface area contributed by atoms with Gasteiger partial charge in [0, 0.05) is 25.5 Å². The molecule has 2 rings (SSSR count). The molecule has 0 saturated heterocycles. The lowest BCUT2D eigenvalue weighted by Gasteiger charge is -2.07. The number of anilines is 1. The summed E-state index contributed by atoms with van der Waals surface area (Å²) < 4.78 is 2.15. The highest BCUT2D eigenvalue weighted by Gasteiger charge is 2.00. The topological polar surface area (TPSA) is 29.9 Å². The van der Waals surface area contributed by atoms with Crippen molar-refractivity contribution in [1.82, 2.24) is 9.55 Å². The quantitative estimate of drug-likeness (QED) is 0.841. The van der Waals surface area contributed by atoms with Crippen LogP contribution in [0.3, 0.4) is 0 Å². The van der Waals surface area contributed by atoms with E-state index in [9.17, 15) is 0 Å². The molecule has 0 aliphatic rings. The number of imidazole rings is 1. The van der Waals surface area contributed by atoms with Gasteiger partial charge in [-0.2, -0.15) is 11.3 Å². The van der Waals surface area contributed by atoms with Gasteiger partial charge >= 0.3 is 0 Å². The van der Waals surface area contributed by atoms with Crippen LogP contribution in [0.5, 0.6) is 0 Å². The van der Waals surface area contributed by atoms with Crippen molar-refractivity contribution in [1.29, 1.82) is 0 Å². The van der Waals surface area contributed by atoms with E-state index in [1.165, 1.54) is 5.56 Å². The maximum Gasteiger partial charge on any atom is 0.203 e. The molecule has 3 nitrogen and oxygen atoms in total. The Labute approximate surface area is 93.8 Å². The summed E-state index contributed by atoms with van der Waals surface area (Å²) in [6.07, 6.45) is 4.98. The zero-order chi connectivity index (χ0) is 10.5. The Kier molecular flexibility index (Phi) is 3.40. The Hall–Kier alpha value is -1.29. The van der Waals surface area contributed by atoms with E-state index >= 15 is 0 Å². The first-order valence-corrected chi connectivity index (χ1v) is 6.10. The summed E-state index contributed by atoms with van der Waals surface area (Å²) in [6.45, 7) is 4.04. The molecule has 4 heteroatoms. The Morgan fingerprint density at radius 1 is 1.53 bits per heavy atom. The van der Waals surface area contributed by atoms with Crippen molar-refractivity contribution in [3.05, 3.63) is 34.8 Å². The molecule has 0 aliphatic carbocycles. The van der Waals surface area contributed by atoms with Gasteiger partial charge in [-0.3, -0.25) is 0 Å². The average Bonchev–Trinajstić information content (AvgIpc) is 2.85. The molecule has 80 valence electrons. The highest BCUT2D eigenvalue weighted by Crippen LogP contribution is 2.10. The van der Waals surface area contributed by atoms with Crippen LogP contribution in [0.25, 0.3) is 0 Å². The fourth-order valence-electron chi connectivity index (χ4n) is 1.47. The average molecular weight is 221 g/mol. The van der Waals surface area contributed by atoms with Crippen LogP contribution in [0, 0.1) is 0 Å². The second kappa shape index (κ2) is 4.98. The van der Waals surface area contributed by atoms with E-state index < -0.39 is 0 Å². The number of aromatic nitrogens is 2. The molecular formula is C11H15N3S. The molecule has 0 fully saturated rings. The molecule has 0 atom stereocenters. The van der Waals surface area contributed by atoms with E-state index in [1.807, 2.05) is 12.4 Å². The van der Waals surface area contributed by atoms with E-state index in [0.29, 0.717) is 0 Å². The third kappa shape index (κ3) is 2.59. The van der Waals surface area contributed by atoms with Gasteiger partial charge in [0.15, 0.2) is 0 Å². The fourth-order valence-corrected chi connectivity index (χ4v) is 2.14. The third-order valence-corrected chi connectivity index (χ3v) is 2.94. The van der Waals surface area contributed by atoms with Crippen molar-refractivity contribution in [2.75, 3.05) is 5.32 Å². The van der Waals surface area contributed by atoms with Crippen LogP contribution in [-0.4, -0.2) is 9.55 Å². The van der Waals surface area contributed by atoms with Crippen LogP contribution < -0.4 is 5.32 Å². The summed E-state index contributed by atoms with van der Waals surface area (Å²) in [6, 6.07) is 2.13. The predicted octanol–water partition coefficient (Wildman–Crippen LogP) is 2.97. The zero-order valence-corrected chi connectivity index (χ0v) is 9.63. The van der Waals surface area contributed by atoms with Crippen LogP contribution in [0.15, 0.2) is 29.2 Å². The normalized spacial score (nSPS) is 10.5. The van der Waals surface area contributed by atoms with E-state index in [4.69, 9.17) is 0 Å². The Morgan fingerprint density at radius 3 is 3.20 bits per heavy atom. The van der Waals surface area contributed by atoms with Crippen LogP contribution in [0.4, 0.5) is 5.95 Å². The maximum atomic E-state index is 4.29. The highest BCUT2D eigenvalue weighted by molar-refractivity contribution is 7.07. The standard InChI is InChI=1S/C11H15N3S/c1-2-5-14-6-4-12-11(14)13-8-10-3-7-15-9-10/h3-4,6-7,9H,2,5,8H2,1H3,(H,12,13).